The number of hydrogen-bond acceptors (Lipinski definition) is 7. The van der Waals surface area contributed by atoms with Crippen molar-refractivity contribution in [1.82, 2.24) is 24.6 Å². The second kappa shape index (κ2) is 8.07. The Hall–Kier alpha value is -3.49. The van der Waals surface area contributed by atoms with Crippen molar-refractivity contribution in [1.29, 1.82) is 0 Å². The van der Waals surface area contributed by atoms with Gasteiger partial charge in [0.25, 0.3) is 0 Å². The van der Waals surface area contributed by atoms with Crippen LogP contribution in [-0.2, 0) is 12.0 Å². The fourth-order valence-electron chi connectivity index (χ4n) is 5.05. The van der Waals surface area contributed by atoms with Gasteiger partial charge in [0, 0.05) is 43.8 Å². The number of nitrogens with one attached hydrogen (secondary N) is 1. The van der Waals surface area contributed by atoms with Gasteiger partial charge in [-0.05, 0) is 68.3 Å². The molecule has 8 nitrogen and oxygen atoms in total. The van der Waals surface area contributed by atoms with Gasteiger partial charge >= 0.3 is 0 Å². The minimum absolute atomic E-state index is 0.529. The molecule has 1 aliphatic carbocycles. The van der Waals surface area contributed by atoms with Crippen LogP contribution in [0, 0.1) is 0 Å². The molecule has 0 spiro atoms. The van der Waals surface area contributed by atoms with Gasteiger partial charge in [0.15, 0.2) is 5.65 Å². The highest BCUT2D eigenvalue weighted by Crippen LogP contribution is 2.39. The molecule has 174 valence electrons. The molecule has 3 heterocycles. The van der Waals surface area contributed by atoms with Crippen molar-refractivity contribution in [3.05, 3.63) is 66.0 Å². The molecule has 0 bridgehead atoms. The van der Waals surface area contributed by atoms with Crippen molar-refractivity contribution in [2.75, 3.05) is 43.4 Å². The smallest absolute Gasteiger partial charge is 0.229 e. The molecule has 1 saturated heterocycles. The van der Waals surface area contributed by atoms with E-state index in [4.69, 9.17) is 4.98 Å². The molecule has 1 atom stereocenters. The topological polar surface area (TPSA) is 82.3 Å². The van der Waals surface area contributed by atoms with Crippen molar-refractivity contribution in [3.8, 4) is 5.69 Å². The number of rotatable bonds is 4. The molecular weight excluding hydrogens is 426 g/mol. The first kappa shape index (κ1) is 21.1. The summed E-state index contributed by atoms with van der Waals surface area (Å²) in [5, 5.41) is 19.5. The molecule has 2 N–H and O–H groups in total. The first-order valence-electron chi connectivity index (χ1n) is 11.8. The van der Waals surface area contributed by atoms with Crippen molar-refractivity contribution in [3.63, 3.8) is 0 Å². The summed E-state index contributed by atoms with van der Waals surface area (Å²) in [5.74, 6) is 0.529. The van der Waals surface area contributed by atoms with Crippen LogP contribution in [0.4, 0.5) is 17.3 Å². The molecule has 0 amide bonds. The fourth-order valence-corrected chi connectivity index (χ4v) is 5.05. The average molecular weight is 456 g/mol. The zero-order chi connectivity index (χ0) is 23.3. The second-order valence-corrected chi connectivity index (χ2v) is 9.57. The average Bonchev–Trinajstić information content (AvgIpc) is 3.40. The normalized spacial score (nSPS) is 20.6. The van der Waals surface area contributed by atoms with Crippen LogP contribution in [0.1, 0.15) is 24.5 Å². The molecule has 8 heteroatoms. The van der Waals surface area contributed by atoms with Crippen LogP contribution in [0.2, 0.25) is 0 Å². The van der Waals surface area contributed by atoms with Gasteiger partial charge in [-0.3, -0.25) is 0 Å². The first-order valence-corrected chi connectivity index (χ1v) is 11.8. The van der Waals surface area contributed by atoms with Crippen LogP contribution in [0.5, 0.6) is 0 Å². The Labute approximate surface area is 198 Å². The zero-order valence-electron chi connectivity index (χ0n) is 19.6. The largest absolute Gasteiger partial charge is 0.385 e. The summed E-state index contributed by atoms with van der Waals surface area (Å²) >= 11 is 0. The van der Waals surface area contributed by atoms with E-state index in [0.29, 0.717) is 12.4 Å². The Kier molecular flexibility index (Phi) is 5.00. The van der Waals surface area contributed by atoms with Crippen LogP contribution in [0.15, 0.2) is 54.9 Å². The molecule has 4 aromatic rings. The molecule has 1 aliphatic heterocycles. The minimum atomic E-state index is -0.799. The van der Waals surface area contributed by atoms with Gasteiger partial charge < -0.3 is 20.2 Å². The van der Waals surface area contributed by atoms with E-state index in [-0.39, 0.29) is 0 Å². The first-order chi connectivity index (χ1) is 16.5. The van der Waals surface area contributed by atoms with Crippen LogP contribution in [-0.4, -0.2) is 63.0 Å². The maximum atomic E-state index is 10.7. The Morgan fingerprint density at radius 3 is 2.59 bits per heavy atom. The maximum Gasteiger partial charge on any atom is 0.229 e. The third-order valence-corrected chi connectivity index (χ3v) is 7.12. The lowest BCUT2D eigenvalue weighted by molar-refractivity contribution is 0.0595. The third-order valence-electron chi connectivity index (χ3n) is 7.12. The number of anilines is 3. The second-order valence-electron chi connectivity index (χ2n) is 9.57. The van der Waals surface area contributed by atoms with E-state index in [9.17, 15) is 5.11 Å². The molecule has 1 fully saturated rings. The number of hydrogen-bond donors (Lipinski definition) is 2. The third kappa shape index (κ3) is 3.69. The number of aliphatic hydroxyl groups is 1. The lowest BCUT2D eigenvalue weighted by Crippen LogP contribution is -2.44. The summed E-state index contributed by atoms with van der Waals surface area (Å²) < 4.78 is 1.86. The SMILES string of the molecule is CN1CCN(c2ccc(Nc3ncc4cnn(-c5cccc6c5CCC6(C)O)c4n3)cc2)CC1. The van der Waals surface area contributed by atoms with E-state index in [1.807, 2.05) is 29.8 Å². The van der Waals surface area contributed by atoms with Gasteiger partial charge in [-0.25, -0.2) is 9.67 Å². The van der Waals surface area contributed by atoms with E-state index in [1.54, 1.807) is 12.4 Å². The molecule has 0 radical (unpaired) electrons. The van der Waals surface area contributed by atoms with E-state index in [1.165, 1.54) is 5.69 Å². The molecule has 2 aromatic heterocycles. The molecule has 34 heavy (non-hydrogen) atoms. The van der Waals surface area contributed by atoms with Crippen molar-refractivity contribution < 1.29 is 5.11 Å². The molecule has 1 unspecified atom stereocenters. The fraction of sp³-hybridized carbons (Fsp3) is 0.346. The summed E-state index contributed by atoms with van der Waals surface area (Å²) in [7, 11) is 2.17. The predicted molar refractivity (Wildman–Crippen MR) is 134 cm³/mol. The van der Waals surface area contributed by atoms with Crippen molar-refractivity contribution >= 4 is 28.4 Å². The number of piperazine rings is 1. The van der Waals surface area contributed by atoms with Crippen molar-refractivity contribution in [2.45, 2.75) is 25.4 Å². The highest BCUT2D eigenvalue weighted by molar-refractivity contribution is 5.77. The number of likely N-dealkylation sites (N-methyl/N-ethyl adjacent to an activating group) is 1. The van der Waals surface area contributed by atoms with Crippen LogP contribution in [0.3, 0.4) is 0 Å². The molecule has 6 rings (SSSR count). The summed E-state index contributed by atoms with van der Waals surface area (Å²) in [6.07, 6.45) is 5.11. The van der Waals surface area contributed by atoms with Gasteiger partial charge in [-0.1, -0.05) is 12.1 Å². The summed E-state index contributed by atoms with van der Waals surface area (Å²) in [5.41, 5.74) is 5.19. The molecular formula is C26H29N7O. The van der Waals surface area contributed by atoms with E-state index < -0.39 is 5.60 Å². The number of benzene rings is 2. The Balaban J connectivity index is 1.27. The standard InChI is InChI=1S/C26H29N7O/c1-26(34)11-10-21-22(26)4-3-5-23(21)33-24-18(17-28-33)16-27-25(30-24)29-19-6-8-20(9-7-19)32-14-12-31(2)13-15-32/h3-9,16-17,34H,10-15H2,1-2H3,(H,27,29,30). The minimum Gasteiger partial charge on any atom is -0.385 e. The number of aromatic nitrogens is 4. The summed E-state index contributed by atoms with van der Waals surface area (Å²) in [4.78, 5) is 14.1. The maximum absolute atomic E-state index is 10.7. The van der Waals surface area contributed by atoms with E-state index in [2.05, 4.69) is 56.5 Å². The summed E-state index contributed by atoms with van der Waals surface area (Å²) in [6.45, 7) is 6.15. The van der Waals surface area contributed by atoms with Crippen LogP contribution >= 0.6 is 0 Å². The highest BCUT2D eigenvalue weighted by atomic mass is 16.3. The Morgan fingerprint density at radius 2 is 1.79 bits per heavy atom. The van der Waals surface area contributed by atoms with Gasteiger partial charge in [-0.15, -0.1) is 0 Å². The number of nitrogens with zero attached hydrogens (tertiary/aromatic N) is 6. The summed E-state index contributed by atoms with van der Waals surface area (Å²) in [6, 6.07) is 14.5. The highest BCUT2D eigenvalue weighted by Gasteiger charge is 2.33. The Bertz CT molecular complexity index is 1340. The lowest BCUT2D eigenvalue weighted by Gasteiger charge is -2.34. The predicted octanol–water partition coefficient (Wildman–Crippen LogP) is 3.46. The number of fused-ring (bicyclic) bond motifs is 2. The molecule has 2 aliphatic rings. The van der Waals surface area contributed by atoms with Gasteiger partial charge in [-0.2, -0.15) is 10.1 Å². The monoisotopic (exact) mass is 455 g/mol. The van der Waals surface area contributed by atoms with Gasteiger partial charge in [0.1, 0.15) is 0 Å². The van der Waals surface area contributed by atoms with Crippen LogP contribution in [0.25, 0.3) is 16.7 Å². The quantitative estimate of drug-likeness (QED) is 0.488. The van der Waals surface area contributed by atoms with Crippen molar-refractivity contribution in [2.24, 2.45) is 0 Å². The lowest BCUT2D eigenvalue weighted by atomic mass is 9.98. The van der Waals surface area contributed by atoms with E-state index in [0.717, 1.165) is 66.1 Å². The van der Waals surface area contributed by atoms with Gasteiger partial charge in [0.05, 0.1) is 22.9 Å². The Morgan fingerprint density at radius 1 is 1.00 bits per heavy atom. The van der Waals surface area contributed by atoms with Gasteiger partial charge in [0.2, 0.25) is 5.95 Å². The molecule has 0 saturated carbocycles. The molecule has 2 aromatic carbocycles. The van der Waals surface area contributed by atoms with Crippen LogP contribution < -0.4 is 10.2 Å². The zero-order valence-corrected chi connectivity index (χ0v) is 19.6. The van der Waals surface area contributed by atoms with E-state index >= 15 is 0 Å².